The Morgan fingerprint density at radius 3 is 2.58 bits per heavy atom. The second-order valence-electron chi connectivity index (χ2n) is 4.60. The fourth-order valence-electron chi connectivity index (χ4n) is 1.75. The van der Waals surface area contributed by atoms with Crippen LogP contribution in [0.1, 0.15) is 19.4 Å². The van der Waals surface area contributed by atoms with Gasteiger partial charge < -0.3 is 15.4 Å². The highest BCUT2D eigenvalue weighted by Gasteiger charge is 2.10. The van der Waals surface area contributed by atoms with Crippen molar-refractivity contribution in [2.24, 2.45) is 5.92 Å². The normalized spacial score (nSPS) is 11.9. The number of benzene rings is 1. The van der Waals surface area contributed by atoms with Crippen molar-refractivity contribution in [3.63, 3.8) is 0 Å². The van der Waals surface area contributed by atoms with Crippen LogP contribution in [0.5, 0.6) is 5.75 Å². The smallest absolute Gasteiger partial charge is 0.224 e. The van der Waals surface area contributed by atoms with Crippen LogP contribution in [0.3, 0.4) is 0 Å². The molecule has 0 spiro atoms. The summed E-state index contributed by atoms with van der Waals surface area (Å²) < 4.78 is 5.10. The zero-order valence-corrected chi connectivity index (χ0v) is 12.0. The van der Waals surface area contributed by atoms with Crippen molar-refractivity contribution in [3.05, 3.63) is 29.8 Å². The molecule has 0 aliphatic heterocycles. The molecule has 19 heavy (non-hydrogen) atoms. The molecule has 1 atom stereocenters. The summed E-state index contributed by atoms with van der Waals surface area (Å²) in [5.74, 6) is 0.970. The summed E-state index contributed by atoms with van der Waals surface area (Å²) in [5.41, 5.74) is 1.19. The maximum absolute atomic E-state index is 11.8. The number of methoxy groups -OCH3 is 1. The van der Waals surface area contributed by atoms with E-state index in [-0.39, 0.29) is 11.8 Å². The van der Waals surface area contributed by atoms with E-state index >= 15 is 0 Å². The molecular weight excluding hydrogens is 240 g/mol. The second-order valence-corrected chi connectivity index (χ2v) is 4.60. The summed E-state index contributed by atoms with van der Waals surface area (Å²) >= 11 is 0. The number of carbonyl (C=O) groups is 1. The summed E-state index contributed by atoms with van der Waals surface area (Å²) in [5, 5.41) is 6.13. The lowest BCUT2D eigenvalue weighted by Gasteiger charge is -2.12. The van der Waals surface area contributed by atoms with E-state index in [2.05, 4.69) is 10.6 Å². The van der Waals surface area contributed by atoms with Crippen LogP contribution in [0.4, 0.5) is 0 Å². The maximum atomic E-state index is 11.8. The van der Waals surface area contributed by atoms with Gasteiger partial charge >= 0.3 is 0 Å². The number of amides is 1. The topological polar surface area (TPSA) is 50.4 Å². The van der Waals surface area contributed by atoms with Gasteiger partial charge in [0.1, 0.15) is 5.75 Å². The van der Waals surface area contributed by atoms with E-state index in [0.29, 0.717) is 6.54 Å². The van der Waals surface area contributed by atoms with E-state index in [9.17, 15) is 4.79 Å². The number of hydrogen-bond acceptors (Lipinski definition) is 3. The molecule has 0 fully saturated rings. The predicted molar refractivity (Wildman–Crippen MR) is 77.4 cm³/mol. The third-order valence-electron chi connectivity index (χ3n) is 3.02. The van der Waals surface area contributed by atoms with Crippen molar-refractivity contribution in [1.82, 2.24) is 10.6 Å². The monoisotopic (exact) mass is 264 g/mol. The molecule has 0 aromatic heterocycles. The molecule has 4 heteroatoms. The molecule has 1 amide bonds. The minimum atomic E-state index is 0.0100. The third-order valence-corrected chi connectivity index (χ3v) is 3.02. The van der Waals surface area contributed by atoms with Crippen LogP contribution in [-0.4, -0.2) is 32.7 Å². The van der Waals surface area contributed by atoms with E-state index in [1.54, 1.807) is 7.11 Å². The maximum Gasteiger partial charge on any atom is 0.224 e. The van der Waals surface area contributed by atoms with Gasteiger partial charge in [0, 0.05) is 19.0 Å². The highest BCUT2D eigenvalue weighted by molar-refractivity contribution is 5.78. The average molecular weight is 264 g/mol. The average Bonchev–Trinajstić information content (AvgIpc) is 2.45. The fourth-order valence-corrected chi connectivity index (χ4v) is 1.75. The fraction of sp³-hybridized carbons (Fsp3) is 0.533. The minimum Gasteiger partial charge on any atom is -0.497 e. The summed E-state index contributed by atoms with van der Waals surface area (Å²) in [6, 6.07) is 7.91. The number of hydrogen-bond donors (Lipinski definition) is 2. The second kappa shape index (κ2) is 8.53. The molecule has 2 N–H and O–H groups in total. The molecule has 1 unspecified atom stereocenters. The van der Waals surface area contributed by atoms with Crippen LogP contribution in [-0.2, 0) is 11.2 Å². The Morgan fingerprint density at radius 2 is 2.00 bits per heavy atom. The first-order valence-corrected chi connectivity index (χ1v) is 6.78. The number of carbonyl (C=O) groups excluding carboxylic acids is 1. The Labute approximate surface area is 115 Å². The summed E-state index contributed by atoms with van der Waals surface area (Å²) in [6.07, 6.45) is 0.837. The lowest BCUT2D eigenvalue weighted by atomic mass is 10.1. The Morgan fingerprint density at radius 1 is 1.32 bits per heavy atom. The molecule has 106 valence electrons. The predicted octanol–water partition coefficient (Wildman–Crippen LogP) is 1.60. The first-order valence-electron chi connectivity index (χ1n) is 6.78. The highest BCUT2D eigenvalue weighted by atomic mass is 16.5. The molecule has 0 aliphatic rings. The van der Waals surface area contributed by atoms with Crippen LogP contribution in [0.15, 0.2) is 24.3 Å². The molecule has 1 rings (SSSR count). The number of nitrogens with one attached hydrogen (secondary N) is 2. The van der Waals surface area contributed by atoms with Gasteiger partial charge in [-0.3, -0.25) is 4.79 Å². The minimum absolute atomic E-state index is 0.0100. The molecular formula is C15H24N2O2. The SMILES string of the molecule is CCNCC(C)C(=O)NCCc1ccc(OC)cc1. The summed E-state index contributed by atoms with van der Waals surface area (Å²) in [7, 11) is 1.65. The van der Waals surface area contributed by atoms with Crippen molar-refractivity contribution in [3.8, 4) is 5.75 Å². The lowest BCUT2D eigenvalue weighted by molar-refractivity contribution is -0.124. The van der Waals surface area contributed by atoms with E-state index in [4.69, 9.17) is 4.74 Å². The van der Waals surface area contributed by atoms with Crippen molar-refractivity contribution >= 4 is 5.91 Å². The van der Waals surface area contributed by atoms with Crippen molar-refractivity contribution in [2.45, 2.75) is 20.3 Å². The molecule has 4 nitrogen and oxygen atoms in total. The largest absolute Gasteiger partial charge is 0.497 e. The van der Waals surface area contributed by atoms with Gasteiger partial charge in [-0.1, -0.05) is 26.0 Å². The Kier molecular flexibility index (Phi) is 6.97. The van der Waals surface area contributed by atoms with Gasteiger partial charge in [-0.05, 0) is 30.7 Å². The molecule has 0 aliphatic carbocycles. The quantitative estimate of drug-likeness (QED) is 0.750. The van der Waals surface area contributed by atoms with E-state index in [1.807, 2.05) is 38.1 Å². The van der Waals surface area contributed by atoms with Gasteiger partial charge in [-0.2, -0.15) is 0 Å². The van der Waals surface area contributed by atoms with E-state index in [0.717, 1.165) is 25.3 Å². The van der Waals surface area contributed by atoms with Crippen LogP contribution in [0.25, 0.3) is 0 Å². The van der Waals surface area contributed by atoms with Gasteiger partial charge in [-0.15, -0.1) is 0 Å². The molecule has 1 aromatic rings. The Balaban J connectivity index is 2.27. The zero-order valence-electron chi connectivity index (χ0n) is 12.0. The molecule has 0 saturated heterocycles. The highest BCUT2D eigenvalue weighted by Crippen LogP contribution is 2.11. The van der Waals surface area contributed by atoms with Crippen LogP contribution in [0.2, 0.25) is 0 Å². The van der Waals surface area contributed by atoms with Gasteiger partial charge in [-0.25, -0.2) is 0 Å². The number of rotatable bonds is 8. The van der Waals surface area contributed by atoms with E-state index < -0.39 is 0 Å². The lowest BCUT2D eigenvalue weighted by Crippen LogP contribution is -2.36. The summed E-state index contributed by atoms with van der Waals surface area (Å²) in [4.78, 5) is 11.8. The third kappa shape index (κ3) is 5.75. The Bertz CT molecular complexity index is 376. The molecule has 0 radical (unpaired) electrons. The van der Waals surface area contributed by atoms with Crippen LogP contribution >= 0.6 is 0 Å². The number of ether oxygens (including phenoxy) is 1. The molecule has 0 bridgehead atoms. The molecule has 0 saturated carbocycles. The molecule has 1 aromatic carbocycles. The van der Waals surface area contributed by atoms with Crippen molar-refractivity contribution in [2.75, 3.05) is 26.7 Å². The Hall–Kier alpha value is -1.55. The van der Waals surface area contributed by atoms with Gasteiger partial charge in [0.05, 0.1) is 7.11 Å². The van der Waals surface area contributed by atoms with Crippen molar-refractivity contribution < 1.29 is 9.53 Å². The van der Waals surface area contributed by atoms with Gasteiger partial charge in [0.2, 0.25) is 5.91 Å². The zero-order chi connectivity index (χ0) is 14.1. The van der Waals surface area contributed by atoms with Gasteiger partial charge in [0.15, 0.2) is 0 Å². The van der Waals surface area contributed by atoms with E-state index in [1.165, 1.54) is 5.56 Å². The first kappa shape index (κ1) is 15.5. The standard InChI is InChI=1S/C15H24N2O2/c1-4-16-11-12(2)15(18)17-10-9-13-5-7-14(19-3)8-6-13/h5-8,12,16H,4,9-11H2,1-3H3,(H,17,18). The molecule has 0 heterocycles. The van der Waals surface area contributed by atoms with Crippen molar-refractivity contribution in [1.29, 1.82) is 0 Å². The summed E-state index contributed by atoms with van der Waals surface area (Å²) in [6.45, 7) is 6.26. The van der Waals surface area contributed by atoms with Crippen LogP contribution in [0, 0.1) is 5.92 Å². The van der Waals surface area contributed by atoms with Gasteiger partial charge in [0.25, 0.3) is 0 Å². The first-order chi connectivity index (χ1) is 9.17. The van der Waals surface area contributed by atoms with Crippen LogP contribution < -0.4 is 15.4 Å².